The van der Waals surface area contributed by atoms with Crippen LogP contribution in [0.5, 0.6) is 0 Å². The lowest BCUT2D eigenvalue weighted by Crippen LogP contribution is -2.20. The molecule has 2 atom stereocenters. The van der Waals surface area contributed by atoms with Crippen molar-refractivity contribution in [3.8, 4) is 0 Å². The summed E-state index contributed by atoms with van der Waals surface area (Å²) >= 11 is 0. The predicted molar refractivity (Wildman–Crippen MR) is 84.4 cm³/mol. The number of hydrogen-bond donors (Lipinski definition) is 1. The quantitative estimate of drug-likeness (QED) is 0.503. The average molecular weight is 350 g/mol. The molecule has 0 bridgehead atoms. The second-order valence-electron chi connectivity index (χ2n) is 5.86. The smallest absolute Gasteiger partial charge is 0.273 e. The van der Waals surface area contributed by atoms with Crippen molar-refractivity contribution in [1.82, 2.24) is 5.43 Å². The van der Waals surface area contributed by atoms with E-state index in [2.05, 4.69) is 10.5 Å². The highest BCUT2D eigenvalue weighted by molar-refractivity contribution is 5.85. The lowest BCUT2D eigenvalue weighted by molar-refractivity contribution is -0.137. The Morgan fingerprint density at radius 2 is 1.88 bits per heavy atom. The normalized spacial score (nSPS) is 19.8. The molecule has 1 N–H and O–H groups in total. The van der Waals surface area contributed by atoms with Crippen molar-refractivity contribution in [1.29, 1.82) is 0 Å². The number of alkyl halides is 3. The van der Waals surface area contributed by atoms with Gasteiger partial charge in [-0.1, -0.05) is 24.3 Å². The minimum absolute atomic E-state index is 0.0306. The highest BCUT2D eigenvalue weighted by atomic mass is 19.4. The molecule has 0 saturated heterocycles. The number of hydrazone groups is 1. The van der Waals surface area contributed by atoms with Gasteiger partial charge < -0.3 is 0 Å². The zero-order valence-electron chi connectivity index (χ0n) is 12.9. The molecule has 0 heterocycles. The van der Waals surface area contributed by atoms with Crippen molar-refractivity contribution < 1.29 is 22.4 Å². The summed E-state index contributed by atoms with van der Waals surface area (Å²) in [5.74, 6) is -0.940. The van der Waals surface area contributed by atoms with Gasteiger partial charge in [-0.2, -0.15) is 18.3 Å². The summed E-state index contributed by atoms with van der Waals surface area (Å²) in [4.78, 5) is 12.0. The van der Waals surface area contributed by atoms with Crippen molar-refractivity contribution in [3.63, 3.8) is 0 Å². The highest BCUT2D eigenvalue weighted by Crippen LogP contribution is 2.47. The van der Waals surface area contributed by atoms with E-state index in [-0.39, 0.29) is 23.6 Å². The molecule has 0 spiro atoms. The van der Waals surface area contributed by atoms with Crippen molar-refractivity contribution in [3.05, 3.63) is 71.0 Å². The van der Waals surface area contributed by atoms with Gasteiger partial charge in [0.05, 0.1) is 11.8 Å². The van der Waals surface area contributed by atoms with E-state index in [9.17, 15) is 22.4 Å². The Morgan fingerprint density at radius 1 is 1.16 bits per heavy atom. The number of hydrogen-bond acceptors (Lipinski definition) is 2. The zero-order chi connectivity index (χ0) is 18.0. The molecule has 130 valence electrons. The van der Waals surface area contributed by atoms with Gasteiger partial charge in [0, 0.05) is 5.92 Å². The second-order valence-corrected chi connectivity index (χ2v) is 5.86. The van der Waals surface area contributed by atoms with Crippen LogP contribution in [0.1, 0.15) is 29.0 Å². The maximum Gasteiger partial charge on any atom is 0.416 e. The van der Waals surface area contributed by atoms with Gasteiger partial charge in [-0.05, 0) is 47.7 Å². The molecule has 1 saturated carbocycles. The molecule has 2 aromatic rings. The fourth-order valence-corrected chi connectivity index (χ4v) is 2.60. The van der Waals surface area contributed by atoms with E-state index in [1.54, 1.807) is 12.1 Å². The van der Waals surface area contributed by atoms with Crippen LogP contribution in [0, 0.1) is 11.7 Å². The molecule has 2 unspecified atom stereocenters. The third-order valence-electron chi connectivity index (χ3n) is 4.03. The number of amides is 1. The van der Waals surface area contributed by atoms with E-state index in [0.717, 1.165) is 17.7 Å². The van der Waals surface area contributed by atoms with E-state index >= 15 is 0 Å². The first-order valence-electron chi connectivity index (χ1n) is 7.60. The lowest BCUT2D eigenvalue weighted by atomic mass is 10.1. The number of rotatable bonds is 4. The van der Waals surface area contributed by atoms with Gasteiger partial charge in [-0.15, -0.1) is 0 Å². The summed E-state index contributed by atoms with van der Waals surface area (Å²) in [6.45, 7) is 0. The first-order valence-corrected chi connectivity index (χ1v) is 7.60. The van der Waals surface area contributed by atoms with Gasteiger partial charge in [-0.3, -0.25) is 4.79 Å². The van der Waals surface area contributed by atoms with Crippen LogP contribution in [0.4, 0.5) is 17.6 Å². The van der Waals surface area contributed by atoms with Crippen LogP contribution < -0.4 is 5.43 Å². The molecule has 1 amide bonds. The Bertz CT molecular complexity index is 799. The number of halogens is 4. The van der Waals surface area contributed by atoms with Crippen molar-refractivity contribution in [2.75, 3.05) is 0 Å². The maximum absolute atomic E-state index is 13.2. The Labute approximate surface area is 141 Å². The fourth-order valence-electron chi connectivity index (χ4n) is 2.60. The Balaban J connectivity index is 1.54. The SMILES string of the molecule is O=C(N/N=C/c1ccc(C(F)(F)F)cc1)C1CC1c1cccc(F)c1. The molecule has 2 aromatic carbocycles. The van der Waals surface area contributed by atoms with E-state index in [4.69, 9.17) is 0 Å². The van der Waals surface area contributed by atoms with Crippen LogP contribution in [-0.2, 0) is 11.0 Å². The zero-order valence-corrected chi connectivity index (χ0v) is 12.9. The van der Waals surface area contributed by atoms with E-state index in [0.29, 0.717) is 12.0 Å². The van der Waals surface area contributed by atoms with Crippen LogP contribution in [0.25, 0.3) is 0 Å². The molecular weight excluding hydrogens is 336 g/mol. The summed E-state index contributed by atoms with van der Waals surface area (Å²) in [6.07, 6.45) is -2.50. The van der Waals surface area contributed by atoms with Crippen LogP contribution >= 0.6 is 0 Å². The lowest BCUT2D eigenvalue weighted by Gasteiger charge is -2.05. The molecule has 1 fully saturated rings. The highest BCUT2D eigenvalue weighted by Gasteiger charge is 2.44. The number of benzene rings is 2. The summed E-state index contributed by atoms with van der Waals surface area (Å²) in [5.41, 5.74) is 2.83. The monoisotopic (exact) mass is 350 g/mol. The van der Waals surface area contributed by atoms with Crippen LogP contribution in [0.15, 0.2) is 53.6 Å². The third kappa shape index (κ3) is 4.23. The predicted octanol–water partition coefficient (Wildman–Crippen LogP) is 4.10. The molecule has 7 heteroatoms. The Hall–Kier alpha value is -2.70. The minimum Gasteiger partial charge on any atom is -0.273 e. The molecule has 1 aliphatic rings. The largest absolute Gasteiger partial charge is 0.416 e. The molecule has 3 rings (SSSR count). The van der Waals surface area contributed by atoms with Gasteiger partial charge in [0.25, 0.3) is 0 Å². The van der Waals surface area contributed by atoms with E-state index < -0.39 is 11.7 Å². The topological polar surface area (TPSA) is 41.5 Å². The summed E-state index contributed by atoms with van der Waals surface area (Å²) < 4.78 is 50.6. The number of nitrogens with zero attached hydrogens (tertiary/aromatic N) is 1. The molecule has 0 aromatic heterocycles. The molecule has 25 heavy (non-hydrogen) atoms. The van der Waals surface area contributed by atoms with Crippen molar-refractivity contribution in [2.45, 2.75) is 18.5 Å². The van der Waals surface area contributed by atoms with Crippen LogP contribution in [-0.4, -0.2) is 12.1 Å². The summed E-state index contributed by atoms with van der Waals surface area (Å²) in [5, 5.41) is 3.76. The van der Waals surface area contributed by atoms with Gasteiger partial charge in [0.15, 0.2) is 0 Å². The summed E-state index contributed by atoms with van der Waals surface area (Å²) in [7, 11) is 0. The fraction of sp³-hybridized carbons (Fsp3) is 0.222. The van der Waals surface area contributed by atoms with Crippen molar-refractivity contribution in [2.24, 2.45) is 11.0 Å². The first kappa shape index (κ1) is 17.1. The number of carbonyl (C=O) groups is 1. The third-order valence-corrected chi connectivity index (χ3v) is 4.03. The van der Waals surface area contributed by atoms with Crippen LogP contribution in [0.2, 0.25) is 0 Å². The average Bonchev–Trinajstić information content (AvgIpc) is 3.35. The molecule has 1 aliphatic carbocycles. The molecule has 3 nitrogen and oxygen atoms in total. The molecule has 0 aliphatic heterocycles. The Morgan fingerprint density at radius 3 is 2.52 bits per heavy atom. The van der Waals surface area contributed by atoms with Crippen LogP contribution in [0.3, 0.4) is 0 Å². The minimum atomic E-state index is -4.39. The molecule has 0 radical (unpaired) electrons. The van der Waals surface area contributed by atoms with Gasteiger partial charge >= 0.3 is 6.18 Å². The van der Waals surface area contributed by atoms with Gasteiger partial charge in [-0.25, -0.2) is 9.82 Å². The van der Waals surface area contributed by atoms with Gasteiger partial charge in [0.2, 0.25) is 5.91 Å². The van der Waals surface area contributed by atoms with Gasteiger partial charge in [0.1, 0.15) is 5.82 Å². The first-order chi connectivity index (χ1) is 11.8. The number of carbonyl (C=O) groups excluding carboxylic acids is 1. The second kappa shape index (κ2) is 6.66. The maximum atomic E-state index is 13.2. The Kier molecular flexibility index (Phi) is 4.57. The molecular formula is C18H14F4N2O. The van der Waals surface area contributed by atoms with E-state index in [1.165, 1.54) is 30.5 Å². The van der Waals surface area contributed by atoms with Crippen molar-refractivity contribution >= 4 is 12.1 Å². The number of nitrogens with one attached hydrogen (secondary N) is 1. The summed E-state index contributed by atoms with van der Waals surface area (Å²) in [6, 6.07) is 10.6. The standard InChI is InChI=1S/C18H14F4N2O/c19-14-3-1-2-12(8-14)15-9-16(15)17(25)24-23-10-11-4-6-13(7-5-11)18(20,21)22/h1-8,10,15-16H,9H2,(H,24,25)/b23-10+. The van der Waals surface area contributed by atoms with E-state index in [1.807, 2.05) is 0 Å².